The number of carbonyl (C=O) groups is 1. The van der Waals surface area contributed by atoms with Gasteiger partial charge in [0.15, 0.2) is 0 Å². The normalized spacial score (nSPS) is 16.7. The molecule has 0 unspecified atom stereocenters. The molecular weight excluding hydrogens is 298 g/mol. The predicted molar refractivity (Wildman–Crippen MR) is 85.6 cm³/mol. The fourth-order valence-corrected chi connectivity index (χ4v) is 3.90. The van der Waals surface area contributed by atoms with Crippen LogP contribution in [0.15, 0.2) is 60.7 Å². The van der Waals surface area contributed by atoms with E-state index in [4.69, 9.17) is 0 Å². The van der Waals surface area contributed by atoms with Gasteiger partial charge in [-0.15, -0.1) is 0 Å². The maximum absolute atomic E-state index is 12.4. The van der Waals surface area contributed by atoms with Gasteiger partial charge in [0.1, 0.15) is 0 Å². The van der Waals surface area contributed by atoms with Crippen molar-refractivity contribution in [3.05, 3.63) is 77.4 Å². The van der Waals surface area contributed by atoms with Crippen LogP contribution < -0.4 is 0 Å². The molecule has 3 rings (SSSR count). The third-order valence-corrected chi connectivity index (χ3v) is 5.19. The summed E-state index contributed by atoms with van der Waals surface area (Å²) in [5, 5.41) is 0. The predicted octanol–water partition coefficient (Wildman–Crippen LogP) is 2.69. The third kappa shape index (κ3) is 2.80. The summed E-state index contributed by atoms with van der Waals surface area (Å²) < 4.78 is 25.5. The van der Waals surface area contributed by atoms with Crippen molar-refractivity contribution < 1.29 is 13.2 Å². The molecule has 0 fully saturated rings. The van der Waals surface area contributed by atoms with Gasteiger partial charge in [0, 0.05) is 5.56 Å². The molecule has 0 saturated heterocycles. The van der Waals surface area contributed by atoms with Crippen molar-refractivity contribution in [1.29, 1.82) is 0 Å². The van der Waals surface area contributed by atoms with E-state index in [1.54, 1.807) is 30.3 Å². The molecule has 0 N–H and O–H groups in total. The Kier molecular flexibility index (Phi) is 3.81. The van der Waals surface area contributed by atoms with E-state index in [1.807, 2.05) is 36.4 Å². The first kappa shape index (κ1) is 14.5. The zero-order valence-corrected chi connectivity index (χ0v) is 12.7. The number of rotatable bonds is 3. The van der Waals surface area contributed by atoms with Gasteiger partial charge in [0.2, 0.25) is 10.0 Å². The highest BCUT2D eigenvalue weighted by Crippen LogP contribution is 2.24. The van der Waals surface area contributed by atoms with Gasteiger partial charge < -0.3 is 0 Å². The Hall–Kier alpha value is -2.40. The zero-order valence-electron chi connectivity index (χ0n) is 11.8. The molecule has 112 valence electrons. The van der Waals surface area contributed by atoms with Crippen LogP contribution in [0.4, 0.5) is 0 Å². The van der Waals surface area contributed by atoms with Crippen LogP contribution in [0, 0.1) is 0 Å². The first-order valence-corrected chi connectivity index (χ1v) is 8.53. The van der Waals surface area contributed by atoms with E-state index in [-0.39, 0.29) is 12.3 Å². The monoisotopic (exact) mass is 313 g/mol. The second-order valence-electron chi connectivity index (χ2n) is 5.06. The lowest BCUT2D eigenvalue weighted by Gasteiger charge is -2.27. The van der Waals surface area contributed by atoms with Crippen LogP contribution in [0.2, 0.25) is 0 Å². The molecule has 5 heteroatoms. The molecule has 0 radical (unpaired) electrons. The molecule has 0 bridgehead atoms. The van der Waals surface area contributed by atoms with E-state index in [2.05, 4.69) is 0 Å². The largest absolute Gasteiger partial charge is 0.268 e. The smallest absolute Gasteiger partial charge is 0.267 e. The number of hydrogen-bond donors (Lipinski definition) is 0. The number of amides is 1. The van der Waals surface area contributed by atoms with E-state index < -0.39 is 15.9 Å². The Morgan fingerprint density at radius 1 is 1.00 bits per heavy atom. The van der Waals surface area contributed by atoms with Gasteiger partial charge >= 0.3 is 0 Å². The van der Waals surface area contributed by atoms with Gasteiger partial charge in [0.05, 0.1) is 12.3 Å². The lowest BCUT2D eigenvalue weighted by Crippen LogP contribution is -2.41. The van der Waals surface area contributed by atoms with Gasteiger partial charge in [0.25, 0.3) is 5.91 Å². The van der Waals surface area contributed by atoms with Crippen LogP contribution in [-0.4, -0.2) is 25.2 Å². The topological polar surface area (TPSA) is 54.5 Å². The summed E-state index contributed by atoms with van der Waals surface area (Å²) in [4.78, 5) is 12.4. The number of sulfonamides is 1. The lowest BCUT2D eigenvalue weighted by atomic mass is 10.1. The Morgan fingerprint density at radius 2 is 1.68 bits per heavy atom. The molecule has 0 aliphatic carbocycles. The Labute approximate surface area is 129 Å². The van der Waals surface area contributed by atoms with Crippen LogP contribution in [-0.2, 0) is 15.8 Å². The number of fused-ring (bicyclic) bond motifs is 1. The summed E-state index contributed by atoms with van der Waals surface area (Å²) in [6.45, 7) is 0.0460. The molecule has 1 amide bonds. The minimum Gasteiger partial charge on any atom is -0.268 e. The molecule has 2 aromatic carbocycles. The maximum Gasteiger partial charge on any atom is 0.267 e. The van der Waals surface area contributed by atoms with Gasteiger partial charge in [-0.2, -0.15) is 0 Å². The second-order valence-corrected chi connectivity index (χ2v) is 6.96. The fourth-order valence-electron chi connectivity index (χ4n) is 2.44. The summed E-state index contributed by atoms with van der Waals surface area (Å²) in [6, 6.07) is 16.4. The molecule has 1 aliphatic rings. The molecule has 0 spiro atoms. The molecular formula is C17H15NO3S. The minimum atomic E-state index is -3.61. The molecule has 0 aromatic heterocycles. The van der Waals surface area contributed by atoms with Crippen molar-refractivity contribution in [2.75, 3.05) is 6.54 Å². The number of hydrogen-bond acceptors (Lipinski definition) is 3. The molecule has 1 aliphatic heterocycles. The van der Waals surface area contributed by atoms with Crippen LogP contribution in [0.25, 0.3) is 6.08 Å². The van der Waals surface area contributed by atoms with Crippen molar-refractivity contribution in [1.82, 2.24) is 4.31 Å². The van der Waals surface area contributed by atoms with Crippen molar-refractivity contribution >= 4 is 22.0 Å². The molecule has 1 heterocycles. The standard InChI is InChI=1S/C17H15NO3S/c19-17-16-11-5-4-10-15(16)13-22(20,21)18(17)12-6-9-14-7-2-1-3-8-14/h1-11H,12-13H2/b9-6+. The average Bonchev–Trinajstić information content (AvgIpc) is 2.51. The Morgan fingerprint density at radius 3 is 2.45 bits per heavy atom. The first-order valence-electron chi connectivity index (χ1n) is 6.92. The van der Waals surface area contributed by atoms with E-state index in [0.717, 1.165) is 9.87 Å². The maximum atomic E-state index is 12.4. The summed E-state index contributed by atoms with van der Waals surface area (Å²) in [6.07, 6.45) is 3.50. The van der Waals surface area contributed by atoms with Crippen LogP contribution in [0.3, 0.4) is 0 Å². The molecule has 0 atom stereocenters. The molecule has 0 saturated carbocycles. The Bertz CT molecular complexity index is 826. The van der Waals surface area contributed by atoms with Crippen molar-refractivity contribution in [3.8, 4) is 0 Å². The van der Waals surface area contributed by atoms with E-state index >= 15 is 0 Å². The van der Waals surface area contributed by atoms with Crippen LogP contribution >= 0.6 is 0 Å². The van der Waals surface area contributed by atoms with Crippen molar-refractivity contribution in [3.63, 3.8) is 0 Å². The second kappa shape index (κ2) is 5.77. The van der Waals surface area contributed by atoms with Crippen LogP contribution in [0.5, 0.6) is 0 Å². The SMILES string of the molecule is O=C1c2ccccc2CS(=O)(=O)N1C/C=C/c1ccccc1. The van der Waals surface area contributed by atoms with E-state index in [9.17, 15) is 13.2 Å². The quantitative estimate of drug-likeness (QED) is 0.875. The highest BCUT2D eigenvalue weighted by atomic mass is 32.2. The third-order valence-electron chi connectivity index (χ3n) is 3.53. The number of nitrogens with zero attached hydrogens (tertiary/aromatic N) is 1. The summed E-state index contributed by atoms with van der Waals surface area (Å²) in [5.41, 5.74) is 1.99. The minimum absolute atomic E-state index is 0.0460. The summed E-state index contributed by atoms with van der Waals surface area (Å²) in [7, 11) is -3.61. The summed E-state index contributed by atoms with van der Waals surface area (Å²) >= 11 is 0. The van der Waals surface area contributed by atoms with E-state index in [1.165, 1.54) is 0 Å². The highest BCUT2D eigenvalue weighted by molar-refractivity contribution is 7.89. The van der Waals surface area contributed by atoms with Gasteiger partial charge in [-0.25, -0.2) is 12.7 Å². The Balaban J connectivity index is 1.84. The van der Waals surface area contributed by atoms with Gasteiger partial charge in [-0.3, -0.25) is 4.79 Å². The average molecular weight is 313 g/mol. The van der Waals surface area contributed by atoms with E-state index in [0.29, 0.717) is 11.1 Å². The van der Waals surface area contributed by atoms with Gasteiger partial charge in [-0.05, 0) is 17.2 Å². The molecule has 4 nitrogen and oxygen atoms in total. The zero-order chi connectivity index (χ0) is 15.6. The first-order chi connectivity index (χ1) is 10.6. The van der Waals surface area contributed by atoms with Gasteiger partial charge in [-0.1, -0.05) is 60.7 Å². The number of benzene rings is 2. The fraction of sp³-hybridized carbons (Fsp3) is 0.118. The molecule has 22 heavy (non-hydrogen) atoms. The van der Waals surface area contributed by atoms with Crippen molar-refractivity contribution in [2.45, 2.75) is 5.75 Å². The van der Waals surface area contributed by atoms with Crippen molar-refractivity contribution in [2.24, 2.45) is 0 Å². The summed E-state index contributed by atoms with van der Waals surface area (Å²) in [5.74, 6) is -0.590. The number of carbonyl (C=O) groups excluding carboxylic acids is 1. The molecule has 2 aromatic rings. The van der Waals surface area contributed by atoms with Crippen LogP contribution in [0.1, 0.15) is 21.5 Å². The highest BCUT2D eigenvalue weighted by Gasteiger charge is 2.34. The lowest BCUT2D eigenvalue weighted by molar-refractivity contribution is 0.0866.